The van der Waals surface area contributed by atoms with Crippen LogP contribution in [0.4, 0.5) is 4.39 Å². The Morgan fingerprint density at radius 2 is 2.16 bits per heavy atom. The molecule has 1 N–H and O–H groups in total. The number of rotatable bonds is 5. The average molecular weight is 330 g/mol. The first kappa shape index (κ1) is 14.9. The minimum Gasteiger partial charge on any atom is -0.381 e. The van der Waals surface area contributed by atoms with E-state index in [0.717, 1.165) is 49.1 Å². The van der Waals surface area contributed by atoms with Gasteiger partial charge in [0.05, 0.1) is 0 Å². The predicted octanol–water partition coefficient (Wildman–Crippen LogP) is 4.06. The number of hydrogen-bond donors (Lipinski definition) is 1. The lowest BCUT2D eigenvalue weighted by Gasteiger charge is -2.27. The van der Waals surface area contributed by atoms with E-state index in [1.165, 1.54) is 0 Å². The normalized spacial score (nSPS) is 18.5. The molecule has 1 fully saturated rings. The Labute approximate surface area is 122 Å². The van der Waals surface area contributed by atoms with Crippen molar-refractivity contribution < 1.29 is 9.13 Å². The minimum atomic E-state index is -0.132. The van der Waals surface area contributed by atoms with Crippen molar-refractivity contribution in [1.29, 1.82) is 0 Å². The zero-order valence-corrected chi connectivity index (χ0v) is 12.9. The third kappa shape index (κ3) is 4.26. The van der Waals surface area contributed by atoms with Gasteiger partial charge in [-0.15, -0.1) is 0 Å². The van der Waals surface area contributed by atoms with Gasteiger partial charge in [0, 0.05) is 29.3 Å². The standard InChI is InChI=1S/C15H21BrFNO/c1-2-18-15(9-11-5-7-19-8-6-11)13-4-3-12(16)10-14(13)17/h3-4,10-11,15,18H,2,5-9H2,1H3. The highest BCUT2D eigenvalue weighted by Gasteiger charge is 2.22. The highest BCUT2D eigenvalue weighted by molar-refractivity contribution is 9.10. The molecule has 1 aromatic carbocycles. The Bertz CT molecular complexity index is 407. The van der Waals surface area contributed by atoms with Crippen LogP contribution < -0.4 is 5.32 Å². The SMILES string of the molecule is CCNC(CC1CCOCC1)c1ccc(Br)cc1F. The van der Waals surface area contributed by atoms with E-state index in [2.05, 4.69) is 28.2 Å². The van der Waals surface area contributed by atoms with Gasteiger partial charge < -0.3 is 10.1 Å². The summed E-state index contributed by atoms with van der Waals surface area (Å²) in [6.07, 6.45) is 3.15. The molecule has 106 valence electrons. The van der Waals surface area contributed by atoms with E-state index >= 15 is 0 Å². The van der Waals surface area contributed by atoms with Crippen molar-refractivity contribution in [3.05, 3.63) is 34.1 Å². The Morgan fingerprint density at radius 3 is 2.79 bits per heavy atom. The average Bonchev–Trinajstić information content (AvgIpc) is 2.39. The fraction of sp³-hybridized carbons (Fsp3) is 0.600. The smallest absolute Gasteiger partial charge is 0.129 e. The van der Waals surface area contributed by atoms with Crippen LogP contribution in [0.2, 0.25) is 0 Å². The van der Waals surface area contributed by atoms with Gasteiger partial charge >= 0.3 is 0 Å². The van der Waals surface area contributed by atoms with E-state index in [1.54, 1.807) is 6.07 Å². The molecule has 1 heterocycles. The van der Waals surface area contributed by atoms with Crippen molar-refractivity contribution >= 4 is 15.9 Å². The fourth-order valence-corrected chi connectivity index (χ4v) is 3.00. The zero-order valence-electron chi connectivity index (χ0n) is 11.3. The van der Waals surface area contributed by atoms with Crippen molar-refractivity contribution in [1.82, 2.24) is 5.32 Å². The van der Waals surface area contributed by atoms with Crippen molar-refractivity contribution in [2.75, 3.05) is 19.8 Å². The van der Waals surface area contributed by atoms with E-state index < -0.39 is 0 Å². The molecule has 1 aromatic rings. The first-order chi connectivity index (χ1) is 9.20. The molecule has 0 radical (unpaired) electrons. The second kappa shape index (κ2) is 7.36. The summed E-state index contributed by atoms with van der Waals surface area (Å²) >= 11 is 3.31. The maximum absolute atomic E-state index is 14.1. The Kier molecular flexibility index (Phi) is 5.79. The highest BCUT2D eigenvalue weighted by atomic mass is 79.9. The van der Waals surface area contributed by atoms with Crippen LogP contribution in [0.1, 0.15) is 37.8 Å². The zero-order chi connectivity index (χ0) is 13.7. The van der Waals surface area contributed by atoms with Gasteiger partial charge in [-0.05, 0) is 43.9 Å². The number of benzene rings is 1. The van der Waals surface area contributed by atoms with Crippen LogP contribution >= 0.6 is 15.9 Å². The van der Waals surface area contributed by atoms with Crippen molar-refractivity contribution in [3.63, 3.8) is 0 Å². The van der Waals surface area contributed by atoms with Crippen LogP contribution in [0.25, 0.3) is 0 Å². The molecule has 1 atom stereocenters. The molecule has 1 aliphatic heterocycles. The molecule has 19 heavy (non-hydrogen) atoms. The van der Waals surface area contributed by atoms with Crippen molar-refractivity contribution in [3.8, 4) is 0 Å². The molecule has 0 bridgehead atoms. The third-order valence-electron chi connectivity index (χ3n) is 3.70. The van der Waals surface area contributed by atoms with Crippen LogP contribution in [0, 0.1) is 11.7 Å². The second-order valence-corrected chi connectivity index (χ2v) is 5.98. The molecule has 4 heteroatoms. The lowest BCUT2D eigenvalue weighted by atomic mass is 9.89. The molecular weight excluding hydrogens is 309 g/mol. The van der Waals surface area contributed by atoms with Gasteiger partial charge in [0.1, 0.15) is 5.82 Å². The van der Waals surface area contributed by atoms with Gasteiger partial charge in [-0.3, -0.25) is 0 Å². The first-order valence-electron chi connectivity index (χ1n) is 6.96. The summed E-state index contributed by atoms with van der Waals surface area (Å²) in [6, 6.07) is 5.43. The predicted molar refractivity (Wildman–Crippen MR) is 78.7 cm³/mol. The molecule has 2 nitrogen and oxygen atoms in total. The molecule has 1 saturated heterocycles. The van der Waals surface area contributed by atoms with Crippen molar-refractivity contribution in [2.45, 2.75) is 32.2 Å². The largest absolute Gasteiger partial charge is 0.381 e. The lowest BCUT2D eigenvalue weighted by molar-refractivity contribution is 0.0604. The molecule has 2 rings (SSSR count). The number of hydrogen-bond acceptors (Lipinski definition) is 2. The van der Waals surface area contributed by atoms with Gasteiger partial charge in [0.15, 0.2) is 0 Å². The fourth-order valence-electron chi connectivity index (χ4n) is 2.67. The van der Waals surface area contributed by atoms with E-state index in [-0.39, 0.29) is 11.9 Å². The lowest BCUT2D eigenvalue weighted by Crippen LogP contribution is -2.27. The summed E-state index contributed by atoms with van der Waals surface area (Å²) in [7, 11) is 0. The third-order valence-corrected chi connectivity index (χ3v) is 4.19. The minimum absolute atomic E-state index is 0.0983. The highest BCUT2D eigenvalue weighted by Crippen LogP contribution is 2.30. The van der Waals surface area contributed by atoms with Crippen LogP contribution in [0.3, 0.4) is 0 Å². The Hall–Kier alpha value is -0.450. The Balaban J connectivity index is 2.09. The summed E-state index contributed by atoms with van der Waals surface area (Å²) in [5, 5.41) is 3.41. The van der Waals surface area contributed by atoms with E-state index in [4.69, 9.17) is 4.74 Å². The van der Waals surface area contributed by atoms with Gasteiger partial charge in [0.2, 0.25) is 0 Å². The summed E-state index contributed by atoms with van der Waals surface area (Å²) in [5.41, 5.74) is 0.775. The second-order valence-electron chi connectivity index (χ2n) is 5.07. The molecule has 0 aromatic heterocycles. The molecular formula is C15H21BrFNO. The van der Waals surface area contributed by atoms with E-state index in [1.807, 2.05) is 12.1 Å². The summed E-state index contributed by atoms with van der Waals surface area (Å²) in [5.74, 6) is 0.494. The molecule has 0 aliphatic carbocycles. The molecule has 0 saturated carbocycles. The van der Waals surface area contributed by atoms with Gasteiger partial charge in [-0.2, -0.15) is 0 Å². The van der Waals surface area contributed by atoms with E-state index in [0.29, 0.717) is 5.92 Å². The van der Waals surface area contributed by atoms with Gasteiger partial charge in [-0.1, -0.05) is 28.9 Å². The quantitative estimate of drug-likeness (QED) is 0.879. The number of nitrogens with one attached hydrogen (secondary N) is 1. The van der Waals surface area contributed by atoms with Crippen LogP contribution in [-0.2, 0) is 4.74 Å². The summed E-state index contributed by atoms with van der Waals surface area (Å²) < 4.78 is 20.3. The monoisotopic (exact) mass is 329 g/mol. The maximum atomic E-state index is 14.1. The van der Waals surface area contributed by atoms with Gasteiger partial charge in [-0.25, -0.2) is 4.39 Å². The maximum Gasteiger partial charge on any atom is 0.129 e. The summed E-state index contributed by atoms with van der Waals surface area (Å²) in [4.78, 5) is 0. The number of ether oxygens (including phenoxy) is 1. The Morgan fingerprint density at radius 1 is 1.42 bits per heavy atom. The van der Waals surface area contributed by atoms with Crippen LogP contribution in [0.15, 0.2) is 22.7 Å². The molecule has 0 amide bonds. The van der Waals surface area contributed by atoms with E-state index in [9.17, 15) is 4.39 Å². The molecule has 1 unspecified atom stereocenters. The summed E-state index contributed by atoms with van der Waals surface area (Å²) in [6.45, 7) is 4.59. The first-order valence-corrected chi connectivity index (χ1v) is 7.76. The number of halogens is 2. The van der Waals surface area contributed by atoms with Gasteiger partial charge in [0.25, 0.3) is 0 Å². The molecule has 0 spiro atoms. The van der Waals surface area contributed by atoms with Crippen molar-refractivity contribution in [2.24, 2.45) is 5.92 Å². The molecule has 1 aliphatic rings. The van der Waals surface area contributed by atoms with Crippen LogP contribution in [-0.4, -0.2) is 19.8 Å². The van der Waals surface area contributed by atoms with Crippen LogP contribution in [0.5, 0.6) is 0 Å². The topological polar surface area (TPSA) is 21.3 Å².